The molecule has 82 valence electrons. The highest BCUT2D eigenvalue weighted by Gasteiger charge is 2.26. The van der Waals surface area contributed by atoms with Gasteiger partial charge in [0.1, 0.15) is 5.82 Å². The van der Waals surface area contributed by atoms with Crippen molar-refractivity contribution in [1.29, 1.82) is 0 Å². The van der Waals surface area contributed by atoms with Gasteiger partial charge < -0.3 is 10.7 Å². The Labute approximate surface area is 98.6 Å². The van der Waals surface area contributed by atoms with Gasteiger partial charge in [-0.15, -0.1) is 0 Å². The molecule has 1 aliphatic rings. The monoisotopic (exact) mass is 233 g/mol. The van der Waals surface area contributed by atoms with Crippen LogP contribution in [0, 0.1) is 0 Å². The molecule has 3 N–H and O–H groups in total. The number of nitrogens with one attached hydrogen (secondary N) is 1. The minimum Gasteiger partial charge on any atom is -0.398 e. The van der Waals surface area contributed by atoms with Crippen molar-refractivity contribution >= 4 is 17.3 Å². The van der Waals surface area contributed by atoms with Crippen LogP contribution in [0.4, 0.5) is 5.69 Å². The second-order valence-electron chi connectivity index (χ2n) is 4.19. The minimum absolute atomic E-state index is 0.589. The number of H-pyrrole nitrogens is 1. The number of aromatic amines is 1. The highest BCUT2D eigenvalue weighted by atomic mass is 35.5. The van der Waals surface area contributed by atoms with Crippen LogP contribution in [0.15, 0.2) is 24.4 Å². The predicted octanol–water partition coefficient (Wildman–Crippen LogP) is 3.19. The molecule has 0 aliphatic heterocycles. The van der Waals surface area contributed by atoms with E-state index in [1.807, 2.05) is 24.4 Å². The number of halogens is 1. The van der Waals surface area contributed by atoms with Crippen LogP contribution >= 0.6 is 11.6 Å². The average Bonchev–Trinajstić information content (AvgIpc) is 3.01. The third-order valence-electron chi connectivity index (χ3n) is 2.87. The van der Waals surface area contributed by atoms with Crippen LogP contribution in [0.3, 0.4) is 0 Å². The molecule has 1 aromatic heterocycles. The number of nitrogens with two attached hydrogens (primary N) is 1. The summed E-state index contributed by atoms with van der Waals surface area (Å²) < 4.78 is 0. The molecule has 0 atom stereocenters. The lowest BCUT2D eigenvalue weighted by molar-refractivity contribution is 0.977. The number of nitrogens with zero attached hydrogens (tertiary/aromatic N) is 1. The largest absolute Gasteiger partial charge is 0.398 e. The van der Waals surface area contributed by atoms with Gasteiger partial charge in [-0.25, -0.2) is 4.98 Å². The van der Waals surface area contributed by atoms with E-state index in [4.69, 9.17) is 17.3 Å². The van der Waals surface area contributed by atoms with Crippen LogP contribution < -0.4 is 5.73 Å². The Balaban J connectivity index is 1.97. The van der Waals surface area contributed by atoms with Gasteiger partial charge in [-0.05, 0) is 25.0 Å². The maximum absolute atomic E-state index is 5.88. The van der Waals surface area contributed by atoms with Gasteiger partial charge in [0.05, 0.1) is 22.6 Å². The Morgan fingerprint density at radius 1 is 1.38 bits per heavy atom. The number of imidazole rings is 1. The summed E-state index contributed by atoms with van der Waals surface area (Å²) in [6, 6.07) is 5.62. The van der Waals surface area contributed by atoms with Crippen molar-refractivity contribution in [3.8, 4) is 11.3 Å². The Morgan fingerprint density at radius 2 is 2.19 bits per heavy atom. The molecule has 1 aliphatic carbocycles. The SMILES string of the molecule is Nc1cc(-c2cnc(C3CC3)[nH]2)ccc1Cl. The molecule has 4 heteroatoms. The van der Waals surface area contributed by atoms with Crippen molar-refractivity contribution in [3.05, 3.63) is 35.2 Å². The zero-order valence-corrected chi connectivity index (χ0v) is 9.46. The van der Waals surface area contributed by atoms with E-state index < -0.39 is 0 Å². The Morgan fingerprint density at radius 3 is 2.88 bits per heavy atom. The molecule has 0 amide bonds. The van der Waals surface area contributed by atoms with Gasteiger partial charge in [-0.3, -0.25) is 0 Å². The average molecular weight is 234 g/mol. The molecule has 3 rings (SSSR count). The molecule has 3 nitrogen and oxygen atoms in total. The summed E-state index contributed by atoms with van der Waals surface area (Å²) in [5, 5.41) is 0.589. The second kappa shape index (κ2) is 3.52. The van der Waals surface area contributed by atoms with E-state index >= 15 is 0 Å². The Hall–Kier alpha value is -1.48. The highest BCUT2D eigenvalue weighted by molar-refractivity contribution is 6.33. The van der Waals surface area contributed by atoms with Gasteiger partial charge in [0.2, 0.25) is 0 Å². The lowest BCUT2D eigenvalue weighted by Crippen LogP contribution is -1.87. The maximum atomic E-state index is 5.88. The van der Waals surface area contributed by atoms with Crippen LogP contribution in [0.5, 0.6) is 0 Å². The summed E-state index contributed by atoms with van der Waals surface area (Å²) in [6.07, 6.45) is 4.35. The molecule has 1 aromatic carbocycles. The predicted molar refractivity (Wildman–Crippen MR) is 65.4 cm³/mol. The van der Waals surface area contributed by atoms with Crippen molar-refractivity contribution in [2.24, 2.45) is 0 Å². The van der Waals surface area contributed by atoms with Crippen molar-refractivity contribution < 1.29 is 0 Å². The first-order valence-electron chi connectivity index (χ1n) is 5.34. The van der Waals surface area contributed by atoms with Crippen molar-refractivity contribution in [2.75, 3.05) is 5.73 Å². The standard InChI is InChI=1S/C12H12ClN3/c13-9-4-3-8(5-10(9)14)11-6-15-12(16-11)7-1-2-7/h3-7H,1-2,14H2,(H,15,16). The Kier molecular flexibility index (Phi) is 2.14. The number of aromatic nitrogens is 2. The van der Waals surface area contributed by atoms with E-state index in [0.717, 1.165) is 17.1 Å². The van der Waals surface area contributed by atoms with Gasteiger partial charge in [-0.1, -0.05) is 17.7 Å². The van der Waals surface area contributed by atoms with Crippen molar-refractivity contribution in [2.45, 2.75) is 18.8 Å². The third-order valence-corrected chi connectivity index (χ3v) is 3.21. The van der Waals surface area contributed by atoms with Gasteiger partial charge in [0.15, 0.2) is 0 Å². The zero-order valence-electron chi connectivity index (χ0n) is 8.70. The first-order chi connectivity index (χ1) is 7.74. The molecule has 1 fully saturated rings. The second-order valence-corrected chi connectivity index (χ2v) is 4.60. The highest BCUT2D eigenvalue weighted by Crippen LogP contribution is 2.39. The summed E-state index contributed by atoms with van der Waals surface area (Å²) >= 11 is 5.88. The lowest BCUT2D eigenvalue weighted by Gasteiger charge is -2.01. The van der Waals surface area contributed by atoms with Crippen LogP contribution in [0.25, 0.3) is 11.3 Å². The summed E-state index contributed by atoms with van der Waals surface area (Å²) in [7, 11) is 0. The van der Waals surface area contributed by atoms with E-state index in [1.54, 1.807) is 0 Å². The number of nitrogen functional groups attached to an aromatic ring is 1. The molecule has 1 heterocycles. The first kappa shape index (κ1) is 9.73. The fourth-order valence-electron chi connectivity index (χ4n) is 1.76. The minimum atomic E-state index is 0.589. The molecule has 16 heavy (non-hydrogen) atoms. The molecule has 0 bridgehead atoms. The van der Waals surface area contributed by atoms with Crippen LogP contribution in [-0.2, 0) is 0 Å². The number of hydrogen-bond donors (Lipinski definition) is 2. The fraction of sp³-hybridized carbons (Fsp3) is 0.250. The quantitative estimate of drug-likeness (QED) is 0.783. The molecule has 2 aromatic rings. The summed E-state index contributed by atoms with van der Waals surface area (Å²) in [4.78, 5) is 7.71. The molecule has 0 unspecified atom stereocenters. The van der Waals surface area contributed by atoms with E-state index in [2.05, 4.69) is 9.97 Å². The van der Waals surface area contributed by atoms with E-state index in [1.165, 1.54) is 12.8 Å². The van der Waals surface area contributed by atoms with E-state index in [0.29, 0.717) is 16.6 Å². The Bertz CT molecular complexity index is 529. The van der Waals surface area contributed by atoms with Crippen molar-refractivity contribution in [1.82, 2.24) is 9.97 Å². The van der Waals surface area contributed by atoms with Crippen LogP contribution in [0.2, 0.25) is 5.02 Å². The number of benzene rings is 1. The molecular weight excluding hydrogens is 222 g/mol. The third kappa shape index (κ3) is 1.67. The molecule has 0 spiro atoms. The van der Waals surface area contributed by atoms with Crippen molar-refractivity contribution in [3.63, 3.8) is 0 Å². The first-order valence-corrected chi connectivity index (χ1v) is 5.72. The van der Waals surface area contributed by atoms with Gasteiger partial charge in [0.25, 0.3) is 0 Å². The van der Waals surface area contributed by atoms with Gasteiger partial charge >= 0.3 is 0 Å². The molecule has 1 saturated carbocycles. The van der Waals surface area contributed by atoms with Gasteiger partial charge in [0, 0.05) is 11.5 Å². The topological polar surface area (TPSA) is 54.7 Å². The normalized spacial score (nSPS) is 15.3. The number of rotatable bonds is 2. The summed E-state index contributed by atoms with van der Waals surface area (Å²) in [5.41, 5.74) is 8.40. The van der Waals surface area contributed by atoms with Crippen LogP contribution in [0.1, 0.15) is 24.6 Å². The molecule has 0 saturated heterocycles. The zero-order chi connectivity index (χ0) is 11.1. The summed E-state index contributed by atoms with van der Waals surface area (Å²) in [6.45, 7) is 0. The molecular formula is C12H12ClN3. The maximum Gasteiger partial charge on any atom is 0.109 e. The number of hydrogen-bond acceptors (Lipinski definition) is 2. The number of anilines is 1. The van der Waals surface area contributed by atoms with Gasteiger partial charge in [-0.2, -0.15) is 0 Å². The lowest BCUT2D eigenvalue weighted by atomic mass is 10.1. The summed E-state index contributed by atoms with van der Waals surface area (Å²) in [5.74, 6) is 1.72. The van der Waals surface area contributed by atoms with Crippen LogP contribution in [-0.4, -0.2) is 9.97 Å². The fourth-order valence-corrected chi connectivity index (χ4v) is 1.88. The smallest absolute Gasteiger partial charge is 0.109 e. The van der Waals surface area contributed by atoms with E-state index in [-0.39, 0.29) is 0 Å². The molecule has 0 radical (unpaired) electrons. The van der Waals surface area contributed by atoms with E-state index in [9.17, 15) is 0 Å².